The van der Waals surface area contributed by atoms with Gasteiger partial charge in [0.1, 0.15) is 0 Å². The van der Waals surface area contributed by atoms with Gasteiger partial charge in [-0.2, -0.15) is 0 Å². The van der Waals surface area contributed by atoms with Crippen molar-refractivity contribution < 1.29 is 4.74 Å². The van der Waals surface area contributed by atoms with Crippen LogP contribution in [0, 0.1) is 6.92 Å². The van der Waals surface area contributed by atoms with Gasteiger partial charge in [-0.05, 0) is 25.3 Å². The lowest BCUT2D eigenvalue weighted by atomic mass is 9.99. The monoisotopic (exact) mass is 277 g/mol. The predicted molar refractivity (Wildman–Crippen MR) is 85.5 cm³/mol. The van der Waals surface area contributed by atoms with E-state index in [4.69, 9.17) is 4.74 Å². The van der Waals surface area contributed by atoms with Crippen molar-refractivity contribution in [2.75, 3.05) is 33.4 Å². The average Bonchev–Trinajstić information content (AvgIpc) is 2.46. The molecule has 1 rings (SSSR count). The third kappa shape index (κ3) is 6.06. The van der Waals surface area contributed by atoms with Crippen molar-refractivity contribution in [3.05, 3.63) is 35.4 Å². The second-order valence-corrected chi connectivity index (χ2v) is 4.89. The SMILES string of the molecule is CCOCCNC(=NC)NCC(C)c1cccc(C)c1. The van der Waals surface area contributed by atoms with Crippen LogP contribution in [0.3, 0.4) is 0 Å². The Labute approximate surface area is 122 Å². The summed E-state index contributed by atoms with van der Waals surface area (Å²) in [6.45, 7) is 9.41. The van der Waals surface area contributed by atoms with Crippen molar-refractivity contribution >= 4 is 5.96 Å². The number of hydrogen-bond donors (Lipinski definition) is 2. The van der Waals surface area contributed by atoms with Gasteiger partial charge in [0.25, 0.3) is 0 Å². The number of nitrogens with zero attached hydrogens (tertiary/aromatic N) is 1. The van der Waals surface area contributed by atoms with Gasteiger partial charge in [0.2, 0.25) is 0 Å². The summed E-state index contributed by atoms with van der Waals surface area (Å²) in [5.74, 6) is 1.27. The number of benzene rings is 1. The van der Waals surface area contributed by atoms with Crippen molar-refractivity contribution in [2.45, 2.75) is 26.7 Å². The van der Waals surface area contributed by atoms with Gasteiger partial charge in [-0.25, -0.2) is 0 Å². The van der Waals surface area contributed by atoms with Crippen molar-refractivity contribution in [3.8, 4) is 0 Å². The zero-order valence-corrected chi connectivity index (χ0v) is 13.1. The molecule has 0 saturated carbocycles. The van der Waals surface area contributed by atoms with Crippen LogP contribution in [0.1, 0.15) is 30.9 Å². The minimum absolute atomic E-state index is 0.445. The zero-order valence-electron chi connectivity index (χ0n) is 13.1. The fourth-order valence-corrected chi connectivity index (χ4v) is 1.95. The quantitative estimate of drug-likeness (QED) is 0.457. The topological polar surface area (TPSA) is 45.6 Å². The zero-order chi connectivity index (χ0) is 14.8. The molecular weight excluding hydrogens is 250 g/mol. The highest BCUT2D eigenvalue weighted by atomic mass is 16.5. The van der Waals surface area contributed by atoms with E-state index in [-0.39, 0.29) is 0 Å². The first-order valence-corrected chi connectivity index (χ1v) is 7.26. The van der Waals surface area contributed by atoms with Gasteiger partial charge in [-0.1, -0.05) is 36.8 Å². The first-order valence-electron chi connectivity index (χ1n) is 7.26. The normalized spacial score (nSPS) is 13.1. The predicted octanol–water partition coefficient (Wildman–Crippen LogP) is 2.30. The molecule has 0 spiro atoms. The lowest BCUT2D eigenvalue weighted by molar-refractivity contribution is 0.152. The molecule has 4 heteroatoms. The molecule has 0 amide bonds. The molecule has 1 atom stereocenters. The maximum absolute atomic E-state index is 5.29. The molecule has 0 heterocycles. The lowest BCUT2D eigenvalue weighted by Gasteiger charge is -2.16. The Hall–Kier alpha value is -1.55. The first-order chi connectivity index (χ1) is 9.67. The van der Waals surface area contributed by atoms with Gasteiger partial charge in [0.15, 0.2) is 5.96 Å². The van der Waals surface area contributed by atoms with Gasteiger partial charge >= 0.3 is 0 Å². The summed E-state index contributed by atoms with van der Waals surface area (Å²) in [4.78, 5) is 4.21. The van der Waals surface area contributed by atoms with Crippen LogP contribution < -0.4 is 10.6 Å². The molecule has 0 aliphatic rings. The number of aliphatic imine (C=N–C) groups is 1. The van der Waals surface area contributed by atoms with Gasteiger partial charge in [-0.15, -0.1) is 0 Å². The molecule has 0 aromatic heterocycles. The summed E-state index contributed by atoms with van der Waals surface area (Å²) < 4.78 is 5.29. The molecule has 1 unspecified atom stereocenters. The Kier molecular flexibility index (Phi) is 7.73. The number of rotatable bonds is 7. The van der Waals surface area contributed by atoms with E-state index in [9.17, 15) is 0 Å². The average molecular weight is 277 g/mol. The fraction of sp³-hybridized carbons (Fsp3) is 0.562. The summed E-state index contributed by atoms with van der Waals surface area (Å²) in [7, 11) is 1.79. The maximum atomic E-state index is 5.29. The Balaban J connectivity index is 2.36. The van der Waals surface area contributed by atoms with Crippen molar-refractivity contribution in [2.24, 2.45) is 4.99 Å². The summed E-state index contributed by atoms with van der Waals surface area (Å²) in [5, 5.41) is 6.58. The highest BCUT2D eigenvalue weighted by Gasteiger charge is 2.06. The second-order valence-electron chi connectivity index (χ2n) is 4.89. The standard InChI is InChI=1S/C16H27N3O/c1-5-20-10-9-18-16(17-4)19-12-14(3)15-8-6-7-13(2)11-15/h6-8,11,14H,5,9-10,12H2,1-4H3,(H2,17,18,19). The third-order valence-corrected chi connectivity index (χ3v) is 3.15. The van der Waals surface area contributed by atoms with Crippen LogP contribution in [0.4, 0.5) is 0 Å². The number of hydrogen-bond acceptors (Lipinski definition) is 2. The molecule has 0 saturated heterocycles. The Morgan fingerprint density at radius 2 is 2.15 bits per heavy atom. The molecule has 0 aliphatic carbocycles. The van der Waals surface area contributed by atoms with E-state index in [1.165, 1.54) is 11.1 Å². The molecule has 0 fully saturated rings. The smallest absolute Gasteiger partial charge is 0.191 e. The minimum atomic E-state index is 0.445. The highest BCUT2D eigenvalue weighted by molar-refractivity contribution is 5.79. The first kappa shape index (κ1) is 16.5. The van der Waals surface area contributed by atoms with Crippen molar-refractivity contribution in [3.63, 3.8) is 0 Å². The molecule has 1 aromatic rings. The summed E-state index contributed by atoms with van der Waals surface area (Å²) in [5.41, 5.74) is 2.65. The fourth-order valence-electron chi connectivity index (χ4n) is 1.95. The number of ether oxygens (including phenoxy) is 1. The largest absolute Gasteiger partial charge is 0.380 e. The molecule has 0 bridgehead atoms. The van der Waals surface area contributed by atoms with E-state index < -0.39 is 0 Å². The van der Waals surface area contributed by atoms with Crippen LogP contribution in [-0.2, 0) is 4.74 Å². The van der Waals surface area contributed by atoms with Crippen molar-refractivity contribution in [1.82, 2.24) is 10.6 Å². The Bertz CT molecular complexity index is 418. The lowest BCUT2D eigenvalue weighted by Crippen LogP contribution is -2.40. The molecule has 20 heavy (non-hydrogen) atoms. The van der Waals surface area contributed by atoms with Crippen molar-refractivity contribution in [1.29, 1.82) is 0 Å². The van der Waals surface area contributed by atoms with E-state index in [1.54, 1.807) is 7.05 Å². The van der Waals surface area contributed by atoms with Crippen LogP contribution in [0.2, 0.25) is 0 Å². The minimum Gasteiger partial charge on any atom is -0.380 e. The number of aryl methyl sites for hydroxylation is 1. The second kappa shape index (κ2) is 9.37. The summed E-state index contributed by atoms with van der Waals surface area (Å²) in [6.07, 6.45) is 0. The van der Waals surface area contributed by atoms with Gasteiger partial charge in [0.05, 0.1) is 6.61 Å². The van der Waals surface area contributed by atoms with Gasteiger partial charge < -0.3 is 15.4 Å². The number of guanidine groups is 1. The van der Waals surface area contributed by atoms with Crippen LogP contribution in [0.15, 0.2) is 29.3 Å². The van der Waals surface area contributed by atoms with Gasteiger partial charge in [-0.3, -0.25) is 4.99 Å². The van der Waals surface area contributed by atoms with E-state index in [2.05, 4.69) is 53.7 Å². The highest BCUT2D eigenvalue weighted by Crippen LogP contribution is 2.15. The van der Waals surface area contributed by atoms with Crippen LogP contribution in [0.5, 0.6) is 0 Å². The summed E-state index contributed by atoms with van der Waals surface area (Å²) in [6, 6.07) is 8.64. The third-order valence-electron chi connectivity index (χ3n) is 3.15. The van der Waals surface area contributed by atoms with E-state index in [0.717, 1.165) is 25.7 Å². The Morgan fingerprint density at radius 1 is 1.35 bits per heavy atom. The molecular formula is C16H27N3O. The molecule has 2 N–H and O–H groups in total. The molecule has 112 valence electrons. The Morgan fingerprint density at radius 3 is 2.80 bits per heavy atom. The van der Waals surface area contributed by atoms with Crippen LogP contribution >= 0.6 is 0 Å². The van der Waals surface area contributed by atoms with E-state index >= 15 is 0 Å². The molecule has 0 radical (unpaired) electrons. The molecule has 0 aliphatic heterocycles. The van der Waals surface area contributed by atoms with Gasteiger partial charge in [0, 0.05) is 26.7 Å². The van der Waals surface area contributed by atoms with E-state index in [1.807, 2.05) is 6.92 Å². The van der Waals surface area contributed by atoms with E-state index in [0.29, 0.717) is 12.5 Å². The summed E-state index contributed by atoms with van der Waals surface area (Å²) >= 11 is 0. The maximum Gasteiger partial charge on any atom is 0.191 e. The molecule has 4 nitrogen and oxygen atoms in total. The molecule has 1 aromatic carbocycles. The van der Waals surface area contributed by atoms with Crippen LogP contribution in [0.25, 0.3) is 0 Å². The number of nitrogens with one attached hydrogen (secondary N) is 2. The van der Waals surface area contributed by atoms with Crippen LogP contribution in [-0.4, -0.2) is 39.3 Å².